The largest absolute Gasteiger partial charge is 0.484 e. The van der Waals surface area contributed by atoms with Gasteiger partial charge in [0.1, 0.15) is 18.1 Å². The van der Waals surface area contributed by atoms with Gasteiger partial charge in [-0.3, -0.25) is 4.79 Å². The lowest BCUT2D eigenvalue weighted by atomic mass is 10.0. The molecule has 0 unspecified atom stereocenters. The minimum absolute atomic E-state index is 0.244. The molecule has 4 nitrogen and oxygen atoms in total. The predicted molar refractivity (Wildman–Crippen MR) is 68.1 cm³/mol. The van der Waals surface area contributed by atoms with Crippen LogP contribution in [0.2, 0.25) is 10.0 Å². The Kier molecular flexibility index (Phi) is 5.17. The number of carbonyl (C=O) groups excluding carboxylic acids is 1. The molecule has 18 heavy (non-hydrogen) atoms. The van der Waals surface area contributed by atoms with E-state index < -0.39 is 11.7 Å². The maximum atomic E-state index is 11.6. The van der Waals surface area contributed by atoms with Gasteiger partial charge in [-0.1, -0.05) is 23.2 Å². The first kappa shape index (κ1) is 14.5. The quantitative estimate of drug-likeness (QED) is 0.897. The van der Waals surface area contributed by atoms with Gasteiger partial charge in [0.2, 0.25) is 0 Å². The second kappa shape index (κ2) is 6.41. The minimum atomic E-state index is -0.962. The summed E-state index contributed by atoms with van der Waals surface area (Å²) >= 11 is 11.6. The van der Waals surface area contributed by atoms with Gasteiger partial charge >= 0.3 is 0 Å². The number of rotatable bonds is 5. The second-order valence-electron chi connectivity index (χ2n) is 3.55. The summed E-state index contributed by atoms with van der Waals surface area (Å²) in [7, 11) is 0. The number of ketones is 1. The summed E-state index contributed by atoms with van der Waals surface area (Å²) in [6.07, 6.45) is 0. The highest BCUT2D eigenvalue weighted by Crippen LogP contribution is 2.27. The molecule has 0 spiro atoms. The van der Waals surface area contributed by atoms with Crippen LogP contribution in [0, 0.1) is 17.2 Å². The molecule has 3 N–H and O–H groups in total. The molecule has 0 saturated carbocycles. The molecule has 0 amide bonds. The summed E-state index contributed by atoms with van der Waals surface area (Å²) < 4.78 is 5.23. The van der Waals surface area contributed by atoms with Crippen molar-refractivity contribution in [2.45, 2.75) is 0 Å². The maximum Gasteiger partial charge on any atom is 0.197 e. The second-order valence-corrected chi connectivity index (χ2v) is 4.39. The van der Waals surface area contributed by atoms with Crippen LogP contribution in [0.4, 0.5) is 0 Å². The van der Waals surface area contributed by atoms with Crippen molar-refractivity contribution in [3.63, 3.8) is 0 Å². The summed E-state index contributed by atoms with van der Waals surface area (Å²) in [5.74, 6) is -1.04. The zero-order valence-corrected chi connectivity index (χ0v) is 11.0. The Morgan fingerprint density at radius 3 is 2.72 bits per heavy atom. The topological polar surface area (TPSA) is 77.7 Å². The Labute approximate surface area is 115 Å². The molecule has 0 fully saturated rings. The number of hydrogen-bond acceptors (Lipinski definition) is 3. The Balaban J connectivity index is 2.68. The van der Waals surface area contributed by atoms with E-state index in [2.05, 4.69) is 12.3 Å². The molecule has 0 aliphatic carbocycles. The first-order valence-corrected chi connectivity index (χ1v) is 5.72. The molecule has 94 valence electrons. The van der Waals surface area contributed by atoms with E-state index in [1.807, 2.05) is 6.07 Å². The number of allylic oxidation sites excluding steroid dienone is 1. The van der Waals surface area contributed by atoms with Crippen molar-refractivity contribution in [3.05, 3.63) is 40.5 Å². The van der Waals surface area contributed by atoms with Crippen LogP contribution in [0.3, 0.4) is 0 Å². The van der Waals surface area contributed by atoms with Gasteiger partial charge in [0, 0.05) is 5.02 Å². The van der Waals surface area contributed by atoms with E-state index >= 15 is 0 Å². The van der Waals surface area contributed by atoms with Crippen LogP contribution >= 0.6 is 23.2 Å². The van der Waals surface area contributed by atoms with Crippen molar-refractivity contribution in [2.24, 2.45) is 5.92 Å². The average Bonchev–Trinajstić information content (AvgIpc) is 2.28. The Hall–Kier alpha value is -1.54. The van der Waals surface area contributed by atoms with Crippen LogP contribution in [0.1, 0.15) is 0 Å². The number of hydrogen-bond donors (Lipinski definition) is 1. The van der Waals surface area contributed by atoms with E-state index in [1.54, 1.807) is 12.1 Å². The van der Waals surface area contributed by atoms with E-state index in [0.717, 1.165) is 0 Å². The molecule has 0 saturated heterocycles. The standard InChI is InChI=1S/C12H10Cl2N2O2/c1-7(16)9(5-15)11(17)6-18-12-3-2-8(13)4-10(12)14/h2-4,9H,1,6,16H2/p+1/t9-/m1/s1. The number of quaternary nitrogens is 1. The third-order valence-electron chi connectivity index (χ3n) is 2.12. The van der Waals surface area contributed by atoms with E-state index in [9.17, 15) is 4.79 Å². The SMILES string of the molecule is C=C([NH3+])[C@@H](C#N)C(=O)COc1ccc(Cl)cc1Cl. The third kappa shape index (κ3) is 3.74. The molecule has 0 heterocycles. The van der Waals surface area contributed by atoms with Gasteiger partial charge in [0.05, 0.1) is 11.1 Å². The average molecular weight is 286 g/mol. The number of Topliss-reactive ketones (excluding diaryl/α,β-unsaturated/α-hetero) is 1. The molecule has 0 aliphatic rings. The van der Waals surface area contributed by atoms with Gasteiger partial charge in [0.15, 0.2) is 11.7 Å². The smallest absolute Gasteiger partial charge is 0.197 e. The van der Waals surface area contributed by atoms with Crippen LogP contribution in [0.15, 0.2) is 30.5 Å². The van der Waals surface area contributed by atoms with Crippen molar-refractivity contribution < 1.29 is 15.3 Å². The van der Waals surface area contributed by atoms with Gasteiger partial charge < -0.3 is 10.5 Å². The predicted octanol–water partition coefficient (Wildman–Crippen LogP) is 1.84. The van der Waals surface area contributed by atoms with Crippen molar-refractivity contribution >= 4 is 29.0 Å². The van der Waals surface area contributed by atoms with Crippen LogP contribution in [-0.2, 0) is 4.79 Å². The minimum Gasteiger partial charge on any atom is -0.484 e. The Morgan fingerprint density at radius 1 is 1.56 bits per heavy atom. The fourth-order valence-electron chi connectivity index (χ4n) is 1.22. The van der Waals surface area contributed by atoms with Crippen LogP contribution in [-0.4, -0.2) is 12.4 Å². The van der Waals surface area contributed by atoms with Crippen molar-refractivity contribution in [3.8, 4) is 11.8 Å². The first-order chi connectivity index (χ1) is 8.45. The van der Waals surface area contributed by atoms with Gasteiger partial charge in [-0.15, -0.1) is 0 Å². The highest BCUT2D eigenvalue weighted by atomic mass is 35.5. The lowest BCUT2D eigenvalue weighted by Gasteiger charge is -2.09. The Morgan fingerprint density at radius 2 is 2.22 bits per heavy atom. The van der Waals surface area contributed by atoms with Crippen LogP contribution in [0.25, 0.3) is 0 Å². The van der Waals surface area contributed by atoms with Gasteiger partial charge in [0.25, 0.3) is 0 Å². The number of nitrogens with zero attached hydrogens (tertiary/aromatic N) is 1. The van der Waals surface area contributed by atoms with Crippen molar-refractivity contribution in [1.29, 1.82) is 5.26 Å². The maximum absolute atomic E-state index is 11.6. The molecule has 6 heteroatoms. The molecule has 0 aromatic heterocycles. The normalized spacial score (nSPS) is 11.4. The monoisotopic (exact) mass is 285 g/mol. The first-order valence-electron chi connectivity index (χ1n) is 4.96. The summed E-state index contributed by atoms with van der Waals surface area (Å²) in [5, 5.41) is 9.56. The molecule has 1 aromatic carbocycles. The number of ether oxygens (including phenoxy) is 1. The number of benzene rings is 1. The summed E-state index contributed by atoms with van der Waals surface area (Å²) in [5.41, 5.74) is 3.72. The zero-order chi connectivity index (χ0) is 13.7. The summed E-state index contributed by atoms with van der Waals surface area (Å²) in [6.45, 7) is 3.21. The fourth-order valence-corrected chi connectivity index (χ4v) is 1.68. The highest BCUT2D eigenvalue weighted by Gasteiger charge is 2.22. The molecule has 1 atom stereocenters. The van der Waals surface area contributed by atoms with Crippen molar-refractivity contribution in [1.82, 2.24) is 0 Å². The molecule has 0 radical (unpaired) electrons. The number of carbonyl (C=O) groups is 1. The summed E-state index contributed by atoms with van der Waals surface area (Å²) in [6, 6.07) is 6.47. The van der Waals surface area contributed by atoms with Crippen molar-refractivity contribution in [2.75, 3.05) is 6.61 Å². The third-order valence-corrected chi connectivity index (χ3v) is 2.65. The van der Waals surface area contributed by atoms with E-state index in [-0.39, 0.29) is 12.3 Å². The molecule has 0 bridgehead atoms. The van der Waals surface area contributed by atoms with Crippen LogP contribution in [0.5, 0.6) is 5.75 Å². The lowest BCUT2D eigenvalue weighted by molar-refractivity contribution is -0.309. The van der Waals surface area contributed by atoms with Crippen LogP contribution < -0.4 is 10.5 Å². The Bertz CT molecular complexity index is 523. The van der Waals surface area contributed by atoms with E-state index in [4.69, 9.17) is 33.2 Å². The molecule has 1 rings (SSSR count). The van der Waals surface area contributed by atoms with Gasteiger partial charge in [-0.2, -0.15) is 5.26 Å². The molecule has 1 aromatic rings. The lowest BCUT2D eigenvalue weighted by Crippen LogP contribution is -2.51. The molecular formula is C12H11Cl2N2O2+. The van der Waals surface area contributed by atoms with Gasteiger partial charge in [-0.25, -0.2) is 0 Å². The molecule has 0 aliphatic heterocycles. The highest BCUT2D eigenvalue weighted by molar-refractivity contribution is 6.35. The van der Waals surface area contributed by atoms with Gasteiger partial charge in [-0.05, 0) is 24.8 Å². The number of halogens is 2. The summed E-state index contributed by atoms with van der Waals surface area (Å²) in [4.78, 5) is 11.6. The molecular weight excluding hydrogens is 275 g/mol. The van der Waals surface area contributed by atoms with E-state index in [1.165, 1.54) is 6.07 Å². The van der Waals surface area contributed by atoms with E-state index in [0.29, 0.717) is 15.8 Å². The zero-order valence-electron chi connectivity index (χ0n) is 9.45. The number of nitriles is 1. The fraction of sp³-hybridized carbons (Fsp3) is 0.167.